The second-order valence-electron chi connectivity index (χ2n) is 4.16. The van der Waals surface area contributed by atoms with Gasteiger partial charge in [-0.15, -0.1) is 0 Å². The molecule has 0 aliphatic carbocycles. The van der Waals surface area contributed by atoms with Crippen molar-refractivity contribution < 1.29 is 0 Å². The Hall–Kier alpha value is -0.380. The van der Waals surface area contributed by atoms with Crippen LogP contribution in [0.2, 0.25) is 15.1 Å². The number of halogens is 3. The fourth-order valence-electron chi connectivity index (χ4n) is 1.56. The highest BCUT2D eigenvalue weighted by atomic mass is 35.5. The molecule has 0 amide bonds. The van der Waals surface area contributed by atoms with Crippen molar-refractivity contribution in [1.82, 2.24) is 0 Å². The van der Waals surface area contributed by atoms with Crippen LogP contribution in [0.5, 0.6) is 0 Å². The monoisotopic (exact) mass is 331 g/mol. The van der Waals surface area contributed by atoms with Crippen LogP contribution in [0.25, 0.3) is 0 Å². The first kappa shape index (κ1) is 15.0. The molecule has 0 heterocycles. The van der Waals surface area contributed by atoms with E-state index >= 15 is 0 Å². The molecule has 0 aromatic heterocycles. The van der Waals surface area contributed by atoms with E-state index in [9.17, 15) is 0 Å². The third-order valence-corrected chi connectivity index (χ3v) is 4.83. The van der Waals surface area contributed by atoms with Gasteiger partial charge in [0.2, 0.25) is 0 Å². The molecule has 2 N–H and O–H groups in total. The van der Waals surface area contributed by atoms with Crippen molar-refractivity contribution in [1.29, 1.82) is 0 Å². The Bertz CT molecular complexity index is 599. The number of hydrogen-bond donors (Lipinski definition) is 1. The third kappa shape index (κ3) is 3.80. The molecule has 0 saturated carbocycles. The van der Waals surface area contributed by atoms with E-state index < -0.39 is 0 Å². The SMILES string of the molecule is C[C@H](N)c1ccc(Sc2cc(Cl)ccc2Cl)c(Cl)c1. The van der Waals surface area contributed by atoms with Crippen LogP contribution in [0.1, 0.15) is 18.5 Å². The molecule has 2 aromatic rings. The van der Waals surface area contributed by atoms with Gasteiger partial charge < -0.3 is 5.73 Å². The maximum atomic E-state index is 6.26. The average Bonchev–Trinajstić information content (AvgIpc) is 2.36. The summed E-state index contributed by atoms with van der Waals surface area (Å²) in [6.07, 6.45) is 0. The zero-order chi connectivity index (χ0) is 14.0. The minimum atomic E-state index is -0.0358. The topological polar surface area (TPSA) is 26.0 Å². The highest BCUT2D eigenvalue weighted by Crippen LogP contribution is 2.38. The summed E-state index contributed by atoms with van der Waals surface area (Å²) in [4.78, 5) is 1.81. The van der Waals surface area contributed by atoms with Gasteiger partial charge in [-0.3, -0.25) is 0 Å². The van der Waals surface area contributed by atoms with Gasteiger partial charge in [-0.25, -0.2) is 0 Å². The van der Waals surface area contributed by atoms with E-state index in [0.29, 0.717) is 15.1 Å². The van der Waals surface area contributed by atoms with Crippen LogP contribution in [-0.4, -0.2) is 0 Å². The Labute approximate surface area is 132 Å². The van der Waals surface area contributed by atoms with Gasteiger partial charge in [0, 0.05) is 20.9 Å². The molecule has 0 spiro atoms. The van der Waals surface area contributed by atoms with Crippen molar-refractivity contribution >= 4 is 46.6 Å². The Morgan fingerprint density at radius 2 is 1.68 bits per heavy atom. The van der Waals surface area contributed by atoms with E-state index in [2.05, 4.69) is 0 Å². The normalized spacial score (nSPS) is 12.5. The molecule has 2 aromatic carbocycles. The van der Waals surface area contributed by atoms with Gasteiger partial charge in [0.15, 0.2) is 0 Å². The first-order valence-corrected chi connectivity index (χ1v) is 7.60. The van der Waals surface area contributed by atoms with Crippen LogP contribution in [0.3, 0.4) is 0 Å². The molecule has 0 fully saturated rings. The van der Waals surface area contributed by atoms with Crippen molar-refractivity contribution in [2.24, 2.45) is 5.73 Å². The van der Waals surface area contributed by atoms with E-state index in [1.165, 1.54) is 11.8 Å². The van der Waals surface area contributed by atoms with Gasteiger partial charge in [-0.2, -0.15) is 0 Å². The molecule has 0 unspecified atom stereocenters. The summed E-state index contributed by atoms with van der Waals surface area (Å²) in [5.41, 5.74) is 6.83. The zero-order valence-corrected chi connectivity index (χ0v) is 13.2. The summed E-state index contributed by atoms with van der Waals surface area (Å²) in [6, 6.07) is 11.1. The molecule has 0 bridgehead atoms. The molecule has 2 rings (SSSR count). The molecule has 0 saturated heterocycles. The second kappa shape index (κ2) is 6.38. The van der Waals surface area contributed by atoms with Crippen LogP contribution in [-0.2, 0) is 0 Å². The van der Waals surface area contributed by atoms with Gasteiger partial charge in [-0.1, -0.05) is 52.6 Å². The number of benzene rings is 2. The number of hydrogen-bond acceptors (Lipinski definition) is 2. The molecular formula is C14H12Cl3NS. The van der Waals surface area contributed by atoms with E-state index in [4.69, 9.17) is 40.5 Å². The lowest BCUT2D eigenvalue weighted by Gasteiger charge is -2.10. The van der Waals surface area contributed by atoms with E-state index in [-0.39, 0.29) is 6.04 Å². The molecule has 0 aliphatic rings. The Kier molecular flexibility index (Phi) is 5.04. The summed E-state index contributed by atoms with van der Waals surface area (Å²) in [5, 5.41) is 1.97. The Balaban J connectivity index is 2.31. The smallest absolute Gasteiger partial charge is 0.0548 e. The van der Waals surface area contributed by atoms with Gasteiger partial charge in [0.1, 0.15) is 0 Å². The summed E-state index contributed by atoms with van der Waals surface area (Å²) in [6.45, 7) is 1.92. The second-order valence-corrected chi connectivity index (χ2v) is 6.49. The molecule has 1 atom stereocenters. The Morgan fingerprint density at radius 1 is 0.947 bits per heavy atom. The highest BCUT2D eigenvalue weighted by Gasteiger charge is 2.09. The molecule has 19 heavy (non-hydrogen) atoms. The largest absolute Gasteiger partial charge is 0.324 e. The third-order valence-electron chi connectivity index (χ3n) is 2.59. The zero-order valence-electron chi connectivity index (χ0n) is 10.2. The maximum Gasteiger partial charge on any atom is 0.0548 e. The van der Waals surface area contributed by atoms with Crippen LogP contribution < -0.4 is 5.73 Å². The van der Waals surface area contributed by atoms with E-state index in [1.54, 1.807) is 12.1 Å². The predicted molar refractivity (Wildman–Crippen MR) is 84.6 cm³/mol. The Morgan fingerprint density at radius 3 is 2.32 bits per heavy atom. The van der Waals surface area contributed by atoms with Crippen LogP contribution in [0.15, 0.2) is 46.2 Å². The van der Waals surface area contributed by atoms with Crippen molar-refractivity contribution in [2.75, 3.05) is 0 Å². The summed E-state index contributed by atoms with van der Waals surface area (Å²) < 4.78 is 0. The lowest BCUT2D eigenvalue weighted by molar-refractivity contribution is 0.817. The number of nitrogens with two attached hydrogens (primary N) is 1. The number of rotatable bonds is 3. The molecule has 0 radical (unpaired) electrons. The van der Waals surface area contributed by atoms with E-state index in [1.807, 2.05) is 31.2 Å². The van der Waals surface area contributed by atoms with Crippen molar-refractivity contribution in [3.05, 3.63) is 57.0 Å². The van der Waals surface area contributed by atoms with Crippen molar-refractivity contribution in [3.63, 3.8) is 0 Å². The van der Waals surface area contributed by atoms with Crippen molar-refractivity contribution in [3.8, 4) is 0 Å². The minimum absolute atomic E-state index is 0.0358. The van der Waals surface area contributed by atoms with Crippen LogP contribution in [0, 0.1) is 0 Å². The van der Waals surface area contributed by atoms with Crippen LogP contribution in [0.4, 0.5) is 0 Å². The maximum absolute atomic E-state index is 6.26. The van der Waals surface area contributed by atoms with Gasteiger partial charge in [-0.05, 0) is 42.8 Å². The lowest BCUT2D eigenvalue weighted by atomic mass is 10.1. The first-order chi connectivity index (χ1) is 8.97. The molecule has 5 heteroatoms. The highest BCUT2D eigenvalue weighted by molar-refractivity contribution is 7.99. The quantitative estimate of drug-likeness (QED) is 0.766. The molecule has 100 valence electrons. The van der Waals surface area contributed by atoms with E-state index in [0.717, 1.165) is 15.4 Å². The van der Waals surface area contributed by atoms with Gasteiger partial charge >= 0.3 is 0 Å². The average molecular weight is 333 g/mol. The fourth-order valence-corrected chi connectivity index (χ4v) is 3.21. The molecule has 1 nitrogen and oxygen atoms in total. The fraction of sp³-hybridized carbons (Fsp3) is 0.143. The van der Waals surface area contributed by atoms with Gasteiger partial charge in [0.05, 0.1) is 10.0 Å². The summed E-state index contributed by atoms with van der Waals surface area (Å²) >= 11 is 19.9. The summed E-state index contributed by atoms with van der Waals surface area (Å²) in [5.74, 6) is 0. The molecular weight excluding hydrogens is 321 g/mol. The van der Waals surface area contributed by atoms with Crippen molar-refractivity contribution in [2.45, 2.75) is 22.8 Å². The predicted octanol–water partition coefficient (Wildman–Crippen LogP) is 5.82. The summed E-state index contributed by atoms with van der Waals surface area (Å²) in [7, 11) is 0. The lowest BCUT2D eigenvalue weighted by Crippen LogP contribution is -2.04. The van der Waals surface area contributed by atoms with Crippen LogP contribution >= 0.6 is 46.6 Å². The minimum Gasteiger partial charge on any atom is -0.324 e. The first-order valence-electron chi connectivity index (χ1n) is 5.65. The van der Waals surface area contributed by atoms with Gasteiger partial charge in [0.25, 0.3) is 0 Å². The standard InChI is InChI=1S/C14H12Cl3NS/c1-8(18)9-2-5-13(12(17)6-9)19-14-7-10(15)3-4-11(14)16/h2-8H,18H2,1H3/t8-/m0/s1. The molecule has 0 aliphatic heterocycles.